The van der Waals surface area contributed by atoms with Crippen molar-refractivity contribution in [3.05, 3.63) is 164 Å². The average Bonchev–Trinajstić information content (AvgIpc) is 3.72. The third-order valence-corrected chi connectivity index (χ3v) is 11.1. The molecule has 0 N–H and O–H groups in total. The van der Waals surface area contributed by atoms with Gasteiger partial charge in [-0.1, -0.05) is 103 Å². The fourth-order valence-electron chi connectivity index (χ4n) is 9.07. The maximum absolute atomic E-state index is 6.30. The highest BCUT2D eigenvalue weighted by Gasteiger charge is 2.44. The number of hydrogen-bond acceptors (Lipinski definition) is 2. The second-order valence-electron chi connectivity index (χ2n) is 13.7. The Kier molecular flexibility index (Phi) is 5.05. The maximum Gasteiger partial charge on any atom is 0.333 e. The molecular formula is C46H27BN2O. The molecule has 0 saturated carbocycles. The van der Waals surface area contributed by atoms with Crippen LogP contribution in [0.3, 0.4) is 0 Å². The second kappa shape index (κ2) is 9.55. The maximum atomic E-state index is 6.30. The minimum atomic E-state index is 0.00146. The molecule has 0 saturated heterocycles. The van der Waals surface area contributed by atoms with E-state index in [2.05, 4.69) is 167 Å². The van der Waals surface area contributed by atoms with Crippen LogP contribution in [-0.4, -0.2) is 11.4 Å². The minimum Gasteiger partial charge on any atom is -0.456 e. The summed E-state index contributed by atoms with van der Waals surface area (Å²) in [6.07, 6.45) is 0. The molecule has 0 unspecified atom stereocenters. The predicted octanol–water partition coefficient (Wildman–Crippen LogP) is 10.7. The van der Waals surface area contributed by atoms with E-state index in [-0.39, 0.29) is 6.85 Å². The zero-order valence-electron chi connectivity index (χ0n) is 27.0. The summed E-state index contributed by atoms with van der Waals surface area (Å²) in [5.41, 5.74) is 15.7. The number of furan rings is 1. The Morgan fingerprint density at radius 3 is 2.10 bits per heavy atom. The summed E-state index contributed by atoms with van der Waals surface area (Å²) >= 11 is 0. The summed E-state index contributed by atoms with van der Waals surface area (Å²) in [6.45, 7) is 0.00146. The molecule has 0 atom stereocenters. The zero-order chi connectivity index (χ0) is 32.5. The van der Waals surface area contributed by atoms with Gasteiger partial charge in [0, 0.05) is 44.2 Å². The summed E-state index contributed by atoms with van der Waals surface area (Å²) in [5.74, 6) is 0. The van der Waals surface area contributed by atoms with Crippen molar-refractivity contribution < 1.29 is 4.42 Å². The normalized spacial score (nSPS) is 13.1. The number of benzene rings is 8. The molecule has 3 nitrogen and oxygen atoms in total. The Morgan fingerprint density at radius 1 is 0.480 bits per heavy atom. The molecule has 230 valence electrons. The van der Waals surface area contributed by atoms with Crippen LogP contribution in [-0.2, 0) is 0 Å². The fourth-order valence-corrected chi connectivity index (χ4v) is 9.07. The number of anilines is 2. The summed E-state index contributed by atoms with van der Waals surface area (Å²) in [7, 11) is 0. The molecule has 0 bridgehead atoms. The molecule has 2 aromatic heterocycles. The topological polar surface area (TPSA) is 21.3 Å². The number of aromatic nitrogens is 1. The summed E-state index contributed by atoms with van der Waals surface area (Å²) in [4.78, 5) is 2.57. The molecule has 50 heavy (non-hydrogen) atoms. The summed E-state index contributed by atoms with van der Waals surface area (Å²) in [6, 6.07) is 60.1. The van der Waals surface area contributed by atoms with Crippen LogP contribution in [0.4, 0.5) is 11.4 Å². The van der Waals surface area contributed by atoms with Crippen molar-refractivity contribution in [2.75, 3.05) is 4.81 Å². The highest BCUT2D eigenvalue weighted by molar-refractivity contribution is 6.93. The van der Waals surface area contributed by atoms with E-state index < -0.39 is 0 Å². The van der Waals surface area contributed by atoms with Gasteiger partial charge in [0.2, 0.25) is 0 Å². The lowest BCUT2D eigenvalue weighted by molar-refractivity contribution is 0.669. The van der Waals surface area contributed by atoms with Crippen LogP contribution in [0.2, 0.25) is 0 Å². The van der Waals surface area contributed by atoms with Gasteiger partial charge in [0.05, 0.1) is 11.0 Å². The van der Waals surface area contributed by atoms with Gasteiger partial charge in [0.25, 0.3) is 0 Å². The highest BCUT2D eigenvalue weighted by atomic mass is 16.3. The Morgan fingerprint density at radius 2 is 1.20 bits per heavy atom. The van der Waals surface area contributed by atoms with Gasteiger partial charge < -0.3 is 13.8 Å². The largest absolute Gasteiger partial charge is 0.456 e. The van der Waals surface area contributed by atoms with Crippen LogP contribution >= 0.6 is 0 Å². The average molecular weight is 635 g/mol. The first-order valence-electron chi connectivity index (χ1n) is 17.3. The van der Waals surface area contributed by atoms with Crippen LogP contribution in [0.25, 0.3) is 82.5 Å². The third kappa shape index (κ3) is 3.35. The Bertz CT molecular complexity index is 3060. The molecule has 8 aromatic carbocycles. The minimum absolute atomic E-state index is 0.00146. The monoisotopic (exact) mass is 634 g/mol. The molecule has 4 heterocycles. The molecule has 0 aliphatic carbocycles. The van der Waals surface area contributed by atoms with Crippen LogP contribution in [0.5, 0.6) is 0 Å². The smallest absolute Gasteiger partial charge is 0.333 e. The first kappa shape index (κ1) is 26.4. The Balaban J connectivity index is 1.30. The van der Waals surface area contributed by atoms with Gasteiger partial charge in [-0.05, 0) is 99.1 Å². The van der Waals surface area contributed by atoms with E-state index in [1.807, 2.05) is 6.07 Å². The first-order valence-corrected chi connectivity index (χ1v) is 17.3. The van der Waals surface area contributed by atoms with Crippen molar-refractivity contribution in [1.82, 2.24) is 4.57 Å². The summed E-state index contributed by atoms with van der Waals surface area (Å²) < 4.78 is 8.86. The lowest BCUT2D eigenvalue weighted by Gasteiger charge is -2.42. The Labute approximate surface area is 288 Å². The fraction of sp³-hybridized carbons (Fsp3) is 0. The number of para-hydroxylation sites is 4. The van der Waals surface area contributed by atoms with E-state index in [0.717, 1.165) is 21.9 Å². The predicted molar refractivity (Wildman–Crippen MR) is 210 cm³/mol. The van der Waals surface area contributed by atoms with Crippen molar-refractivity contribution in [2.45, 2.75) is 0 Å². The van der Waals surface area contributed by atoms with E-state index >= 15 is 0 Å². The molecule has 0 spiro atoms. The molecule has 0 amide bonds. The van der Waals surface area contributed by atoms with Gasteiger partial charge in [0.1, 0.15) is 11.2 Å². The van der Waals surface area contributed by atoms with Crippen molar-refractivity contribution in [3.63, 3.8) is 0 Å². The molecule has 2 aliphatic rings. The quantitative estimate of drug-likeness (QED) is 0.177. The number of nitrogens with zero attached hydrogens (tertiary/aromatic N) is 2. The molecule has 10 aromatic rings. The van der Waals surface area contributed by atoms with Crippen molar-refractivity contribution in [1.29, 1.82) is 0 Å². The number of hydrogen-bond donors (Lipinski definition) is 0. The number of rotatable bonds is 2. The second-order valence-corrected chi connectivity index (χ2v) is 13.7. The van der Waals surface area contributed by atoms with Crippen molar-refractivity contribution in [2.24, 2.45) is 0 Å². The van der Waals surface area contributed by atoms with Gasteiger partial charge in [-0.25, -0.2) is 0 Å². The molecule has 0 radical (unpaired) electrons. The number of fused-ring (bicyclic) bond motifs is 12. The highest BCUT2D eigenvalue weighted by Crippen LogP contribution is 2.48. The van der Waals surface area contributed by atoms with E-state index in [9.17, 15) is 0 Å². The molecule has 0 fully saturated rings. The lowest BCUT2D eigenvalue weighted by Crippen LogP contribution is -2.60. The molecule has 2 aliphatic heterocycles. The third-order valence-electron chi connectivity index (χ3n) is 11.1. The van der Waals surface area contributed by atoms with E-state index in [0.29, 0.717) is 0 Å². The van der Waals surface area contributed by atoms with Gasteiger partial charge in [-0.3, -0.25) is 0 Å². The van der Waals surface area contributed by atoms with Crippen molar-refractivity contribution in [3.8, 4) is 27.9 Å². The van der Waals surface area contributed by atoms with Gasteiger partial charge in [0.15, 0.2) is 0 Å². The van der Waals surface area contributed by atoms with Crippen LogP contribution in [0.15, 0.2) is 168 Å². The van der Waals surface area contributed by atoms with Crippen LogP contribution < -0.4 is 15.7 Å². The lowest BCUT2D eigenvalue weighted by atomic mass is 9.44. The van der Waals surface area contributed by atoms with Gasteiger partial charge in [-0.15, -0.1) is 0 Å². The standard InChI is InChI=1S/C46H27BN2O/c1-2-14-31(15-3-1)49-39-19-9-6-16-32(39)36-27-34(30-22-23-43-35(25-30)33-17-7-11-21-42(33)50-43)44-37-24-28-12-4-5-13-29(28)26-41(37)48-40-20-10-8-18-38(40)47(49)45(36)46(44)48/h1-27H. The van der Waals surface area contributed by atoms with E-state index in [1.165, 1.54) is 82.8 Å². The van der Waals surface area contributed by atoms with Crippen LogP contribution in [0.1, 0.15) is 0 Å². The van der Waals surface area contributed by atoms with E-state index in [1.54, 1.807) is 0 Å². The van der Waals surface area contributed by atoms with Crippen LogP contribution in [0, 0.1) is 0 Å². The SMILES string of the molecule is c1ccc(N2B3c4ccccc4-n4c5cc6ccccc6cc5c5c(-c6ccc7oc8ccccc8c7c6)cc(c3c54)-c3ccccc32)cc1. The molecule has 4 heteroatoms. The van der Waals surface area contributed by atoms with Gasteiger partial charge in [-0.2, -0.15) is 0 Å². The van der Waals surface area contributed by atoms with Crippen molar-refractivity contribution >= 4 is 83.7 Å². The molecular weight excluding hydrogens is 607 g/mol. The first-order chi connectivity index (χ1) is 24.8. The van der Waals surface area contributed by atoms with Gasteiger partial charge >= 0.3 is 6.85 Å². The summed E-state index contributed by atoms with van der Waals surface area (Å²) in [5, 5.41) is 7.35. The zero-order valence-corrected chi connectivity index (χ0v) is 27.0. The Hall–Kier alpha value is -6.52. The van der Waals surface area contributed by atoms with E-state index in [4.69, 9.17) is 4.42 Å². The molecule has 12 rings (SSSR count).